The van der Waals surface area contributed by atoms with Gasteiger partial charge in [0.15, 0.2) is 0 Å². The number of benzene rings is 2. The number of hydrogen-bond acceptors (Lipinski definition) is 6. The summed E-state index contributed by atoms with van der Waals surface area (Å²) >= 11 is 0. The van der Waals surface area contributed by atoms with E-state index in [0.29, 0.717) is 41.8 Å². The van der Waals surface area contributed by atoms with Gasteiger partial charge in [0, 0.05) is 61.3 Å². The summed E-state index contributed by atoms with van der Waals surface area (Å²) in [5.74, 6) is -1.08. The summed E-state index contributed by atoms with van der Waals surface area (Å²) in [6, 6.07) is 7.36. The minimum atomic E-state index is -0.616. The van der Waals surface area contributed by atoms with Gasteiger partial charge in [-0.05, 0) is 43.2 Å². The van der Waals surface area contributed by atoms with Crippen molar-refractivity contribution in [1.29, 1.82) is 0 Å². The van der Waals surface area contributed by atoms with Gasteiger partial charge in [-0.1, -0.05) is 6.07 Å². The summed E-state index contributed by atoms with van der Waals surface area (Å²) in [5, 5.41) is 15.3. The fourth-order valence-electron chi connectivity index (χ4n) is 5.24. The summed E-state index contributed by atoms with van der Waals surface area (Å²) in [7, 11) is 0. The number of carbonyl (C=O) groups is 1. The predicted octanol–water partition coefficient (Wildman–Crippen LogP) is 2.52. The fraction of sp³-hybridized carbons (Fsp3) is 0.480. The Morgan fingerprint density at radius 3 is 2.88 bits per heavy atom. The monoisotopic (exact) mass is 472 g/mol. The van der Waals surface area contributed by atoms with Crippen molar-refractivity contribution in [3.05, 3.63) is 53.1 Å². The lowest BCUT2D eigenvalue weighted by Crippen LogP contribution is -2.49. The molecule has 34 heavy (non-hydrogen) atoms. The Hall–Kier alpha value is -2.75. The highest BCUT2D eigenvalue weighted by atomic mass is 19.1. The largest absolute Gasteiger partial charge is 0.394 e. The number of nitrogens with one attached hydrogen (secondary N) is 2. The quantitative estimate of drug-likeness (QED) is 0.621. The first-order valence-electron chi connectivity index (χ1n) is 11.8. The van der Waals surface area contributed by atoms with Crippen LogP contribution in [0.4, 0.5) is 25.8 Å². The van der Waals surface area contributed by atoms with Crippen LogP contribution in [0.1, 0.15) is 17.5 Å². The topological polar surface area (TPSA) is 77.1 Å². The van der Waals surface area contributed by atoms with Gasteiger partial charge >= 0.3 is 0 Å². The number of amides is 1. The number of aliphatic hydroxyl groups is 1. The molecule has 2 aromatic rings. The summed E-state index contributed by atoms with van der Waals surface area (Å²) in [4.78, 5) is 17.3. The molecule has 3 aliphatic rings. The highest BCUT2D eigenvalue weighted by Crippen LogP contribution is 2.32. The molecular formula is C25H30F2N4O3. The smallest absolute Gasteiger partial charge is 0.247 e. The number of ether oxygens (including phenoxy) is 1. The summed E-state index contributed by atoms with van der Waals surface area (Å²) in [6.07, 6.45) is 1.02. The van der Waals surface area contributed by atoms with E-state index in [4.69, 9.17) is 4.74 Å². The summed E-state index contributed by atoms with van der Waals surface area (Å²) in [5.41, 5.74) is 3.15. The average molecular weight is 473 g/mol. The zero-order valence-corrected chi connectivity index (χ0v) is 19.2. The normalized spacial score (nSPS) is 24.7. The van der Waals surface area contributed by atoms with Crippen molar-refractivity contribution in [2.24, 2.45) is 0 Å². The van der Waals surface area contributed by atoms with Gasteiger partial charge in [-0.25, -0.2) is 8.78 Å². The lowest BCUT2D eigenvalue weighted by molar-refractivity contribution is -0.116. The Labute approximate surface area is 197 Å². The Morgan fingerprint density at radius 1 is 1.24 bits per heavy atom. The van der Waals surface area contributed by atoms with Gasteiger partial charge < -0.3 is 25.4 Å². The molecule has 1 amide bonds. The van der Waals surface area contributed by atoms with Crippen molar-refractivity contribution in [2.75, 3.05) is 54.9 Å². The van der Waals surface area contributed by atoms with Crippen LogP contribution in [0, 0.1) is 18.6 Å². The Balaban J connectivity index is 1.24. The second kappa shape index (κ2) is 9.48. The van der Waals surface area contributed by atoms with Gasteiger partial charge in [0.1, 0.15) is 17.7 Å². The van der Waals surface area contributed by atoms with Gasteiger partial charge in [0.05, 0.1) is 19.3 Å². The minimum absolute atomic E-state index is 0.00698. The Kier molecular flexibility index (Phi) is 6.42. The number of carbonyl (C=O) groups excluding carboxylic acids is 1. The molecule has 0 aliphatic carbocycles. The molecule has 0 spiro atoms. The third-order valence-corrected chi connectivity index (χ3v) is 7.08. The van der Waals surface area contributed by atoms with Crippen molar-refractivity contribution in [3.63, 3.8) is 0 Å². The van der Waals surface area contributed by atoms with Gasteiger partial charge in [0.25, 0.3) is 0 Å². The first-order valence-corrected chi connectivity index (χ1v) is 11.8. The molecule has 3 N–H and O–H groups in total. The number of halogens is 2. The third kappa shape index (κ3) is 4.60. The maximum absolute atomic E-state index is 14.5. The van der Waals surface area contributed by atoms with Crippen molar-refractivity contribution in [3.8, 4) is 0 Å². The number of nitrogens with zero attached hydrogens (tertiary/aromatic N) is 2. The molecule has 1 unspecified atom stereocenters. The van der Waals surface area contributed by atoms with E-state index in [2.05, 4.69) is 20.4 Å². The van der Waals surface area contributed by atoms with E-state index in [1.54, 1.807) is 12.1 Å². The van der Waals surface area contributed by atoms with Crippen molar-refractivity contribution >= 4 is 23.0 Å². The number of anilines is 3. The molecule has 0 bridgehead atoms. The molecule has 2 saturated heterocycles. The number of aryl methyl sites for hydroxylation is 1. The number of aliphatic hydroxyl groups excluding tert-OH is 1. The van der Waals surface area contributed by atoms with E-state index in [0.717, 1.165) is 31.6 Å². The van der Waals surface area contributed by atoms with Gasteiger partial charge in [-0.15, -0.1) is 0 Å². The fourth-order valence-corrected chi connectivity index (χ4v) is 5.24. The van der Waals surface area contributed by atoms with Crippen molar-refractivity contribution < 1.29 is 23.4 Å². The van der Waals surface area contributed by atoms with Crippen LogP contribution in [0.5, 0.6) is 0 Å². The highest BCUT2D eigenvalue weighted by Gasteiger charge is 2.33. The number of fused-ring (bicyclic) bond motifs is 1. The maximum atomic E-state index is 14.5. The van der Waals surface area contributed by atoms with E-state index in [9.17, 15) is 18.7 Å². The second-order valence-electron chi connectivity index (χ2n) is 9.37. The maximum Gasteiger partial charge on any atom is 0.247 e. The zero-order valence-electron chi connectivity index (χ0n) is 19.2. The van der Waals surface area contributed by atoms with Crippen LogP contribution in [0.15, 0.2) is 30.3 Å². The number of morpholine rings is 1. The van der Waals surface area contributed by atoms with Crippen LogP contribution < -0.4 is 15.5 Å². The molecule has 9 heteroatoms. The summed E-state index contributed by atoms with van der Waals surface area (Å²) in [6.45, 7) is 5.50. The molecule has 7 nitrogen and oxygen atoms in total. The highest BCUT2D eigenvalue weighted by molar-refractivity contribution is 5.98. The molecule has 3 heterocycles. The van der Waals surface area contributed by atoms with Gasteiger partial charge in [0.2, 0.25) is 5.91 Å². The molecule has 2 fully saturated rings. The van der Waals surface area contributed by atoms with Crippen LogP contribution >= 0.6 is 0 Å². The van der Waals surface area contributed by atoms with Crippen LogP contribution in [-0.2, 0) is 16.0 Å². The summed E-state index contributed by atoms with van der Waals surface area (Å²) < 4.78 is 34.2. The van der Waals surface area contributed by atoms with E-state index in [1.165, 1.54) is 18.2 Å². The van der Waals surface area contributed by atoms with Crippen LogP contribution in [0.25, 0.3) is 0 Å². The van der Waals surface area contributed by atoms with Crippen LogP contribution in [0.2, 0.25) is 0 Å². The first kappa shape index (κ1) is 23.0. The molecule has 0 radical (unpaired) electrons. The van der Waals surface area contributed by atoms with Gasteiger partial charge in [-0.2, -0.15) is 0 Å². The van der Waals surface area contributed by atoms with Crippen LogP contribution in [-0.4, -0.2) is 73.5 Å². The van der Waals surface area contributed by atoms with E-state index in [-0.39, 0.29) is 30.9 Å². The molecule has 2 aromatic carbocycles. The van der Waals surface area contributed by atoms with Crippen molar-refractivity contribution in [1.82, 2.24) is 4.90 Å². The SMILES string of the molecule is Cc1ccc(F)c2c1NC(C(=O)Nc1cc(F)cc(N3CC[C@@H](N4CCO[C@H](CO)C4)C3)c1)C2. The molecule has 3 aliphatic heterocycles. The molecule has 3 atom stereocenters. The molecule has 182 valence electrons. The molecule has 0 saturated carbocycles. The number of rotatable bonds is 5. The van der Waals surface area contributed by atoms with E-state index >= 15 is 0 Å². The lowest BCUT2D eigenvalue weighted by atomic mass is 10.1. The van der Waals surface area contributed by atoms with Crippen LogP contribution in [0.3, 0.4) is 0 Å². The molecular weight excluding hydrogens is 442 g/mol. The Bertz CT molecular complexity index is 1050. The Morgan fingerprint density at radius 2 is 2.09 bits per heavy atom. The zero-order chi connectivity index (χ0) is 23.8. The molecule has 0 aromatic heterocycles. The standard InChI is InChI=1S/C25H30F2N4O3/c1-15-2-3-22(27)21-11-23(29-24(15)21)25(33)28-17-8-16(26)9-19(10-17)30-5-4-18(12-30)31-6-7-34-20(13-31)14-32/h2-3,8-10,18,20,23,29,32H,4-7,11-14H2,1H3,(H,28,33)/t18-,20+,23?/m1/s1. The van der Waals surface area contributed by atoms with E-state index < -0.39 is 11.9 Å². The third-order valence-electron chi connectivity index (χ3n) is 7.08. The number of hydrogen-bond donors (Lipinski definition) is 3. The predicted molar refractivity (Wildman–Crippen MR) is 126 cm³/mol. The minimum Gasteiger partial charge on any atom is -0.394 e. The van der Waals surface area contributed by atoms with Gasteiger partial charge in [-0.3, -0.25) is 9.69 Å². The van der Waals surface area contributed by atoms with E-state index in [1.807, 2.05) is 6.92 Å². The average Bonchev–Trinajstić information content (AvgIpc) is 3.50. The first-order chi connectivity index (χ1) is 16.4. The molecule has 5 rings (SSSR count). The van der Waals surface area contributed by atoms with Crippen molar-refractivity contribution in [2.45, 2.75) is 38.0 Å². The lowest BCUT2D eigenvalue weighted by Gasteiger charge is -2.36. The second-order valence-corrected chi connectivity index (χ2v) is 9.37.